The van der Waals surface area contributed by atoms with Gasteiger partial charge in [-0.3, -0.25) is 9.59 Å². The van der Waals surface area contributed by atoms with Crippen molar-refractivity contribution >= 4 is 52.0 Å². The van der Waals surface area contributed by atoms with Crippen LogP contribution in [0, 0.1) is 5.92 Å². The zero-order valence-corrected chi connectivity index (χ0v) is 18.9. The number of nitrogens with one attached hydrogen (secondary N) is 1. The molecule has 1 saturated carbocycles. The Kier molecular flexibility index (Phi) is 6.91. The number of pyridine rings is 1. The molecule has 4 rings (SSSR count). The number of hydrogen-bond acceptors (Lipinski definition) is 5. The fourth-order valence-electron chi connectivity index (χ4n) is 4.27. The first kappa shape index (κ1) is 21.5. The summed E-state index contributed by atoms with van der Waals surface area (Å²) in [6.07, 6.45) is 7.47. The van der Waals surface area contributed by atoms with Crippen LogP contribution < -0.4 is 5.32 Å². The van der Waals surface area contributed by atoms with Crippen LogP contribution in [0.2, 0.25) is 10.3 Å². The van der Waals surface area contributed by atoms with E-state index in [0.717, 1.165) is 43.8 Å². The van der Waals surface area contributed by atoms with E-state index in [1.165, 1.54) is 42.7 Å². The molecule has 2 amide bonds. The molecule has 1 aliphatic carbocycles. The molecule has 2 aromatic rings. The van der Waals surface area contributed by atoms with Gasteiger partial charge in [0.2, 0.25) is 5.91 Å². The summed E-state index contributed by atoms with van der Waals surface area (Å²) >= 11 is 13.3. The summed E-state index contributed by atoms with van der Waals surface area (Å²) in [5.74, 6) is 0.542. The van der Waals surface area contributed by atoms with Gasteiger partial charge in [0.25, 0.3) is 5.91 Å². The first-order valence-corrected chi connectivity index (χ1v) is 12.0. The lowest BCUT2D eigenvalue weighted by atomic mass is 9.87. The average molecular weight is 467 g/mol. The van der Waals surface area contributed by atoms with E-state index < -0.39 is 0 Å². The van der Waals surface area contributed by atoms with Gasteiger partial charge in [0.05, 0.1) is 5.01 Å². The third-order valence-corrected chi connectivity index (χ3v) is 7.28. The first-order valence-electron chi connectivity index (χ1n) is 10.4. The predicted octanol–water partition coefficient (Wildman–Crippen LogP) is 5.38. The van der Waals surface area contributed by atoms with Crippen LogP contribution >= 0.6 is 34.5 Å². The van der Waals surface area contributed by atoms with Crippen molar-refractivity contribution in [3.8, 4) is 0 Å². The lowest BCUT2D eigenvalue weighted by Crippen LogP contribution is -2.41. The van der Waals surface area contributed by atoms with E-state index in [4.69, 9.17) is 23.2 Å². The molecule has 6 nitrogen and oxygen atoms in total. The molecule has 1 aliphatic heterocycles. The molecule has 1 N–H and O–H groups in total. The van der Waals surface area contributed by atoms with Crippen molar-refractivity contribution in [3.63, 3.8) is 0 Å². The second-order valence-electron chi connectivity index (χ2n) is 7.96. The molecule has 0 aromatic carbocycles. The van der Waals surface area contributed by atoms with Gasteiger partial charge >= 0.3 is 0 Å². The van der Waals surface area contributed by atoms with Gasteiger partial charge in [-0.25, -0.2) is 9.97 Å². The van der Waals surface area contributed by atoms with Crippen LogP contribution in [0.1, 0.15) is 66.4 Å². The van der Waals surface area contributed by atoms with Crippen molar-refractivity contribution in [3.05, 3.63) is 38.5 Å². The Bertz CT molecular complexity index is 901. The summed E-state index contributed by atoms with van der Waals surface area (Å²) in [4.78, 5) is 35.7. The van der Waals surface area contributed by atoms with E-state index >= 15 is 0 Å². The highest BCUT2D eigenvalue weighted by Crippen LogP contribution is 2.33. The SMILES string of the molecule is O=C(Nc1cc(Cl)nc(Cl)c1)c1csc(C2CCN(C(=O)C3CCCCC3)CC2)n1. The topological polar surface area (TPSA) is 75.2 Å². The molecule has 0 unspecified atom stereocenters. The summed E-state index contributed by atoms with van der Waals surface area (Å²) in [5.41, 5.74) is 0.855. The van der Waals surface area contributed by atoms with Crippen molar-refractivity contribution in [2.75, 3.05) is 18.4 Å². The van der Waals surface area contributed by atoms with Gasteiger partial charge in [0.15, 0.2) is 0 Å². The van der Waals surface area contributed by atoms with Crippen molar-refractivity contribution in [1.29, 1.82) is 0 Å². The molecule has 9 heteroatoms. The quantitative estimate of drug-likeness (QED) is 0.613. The predicted molar refractivity (Wildman–Crippen MR) is 119 cm³/mol. The van der Waals surface area contributed by atoms with E-state index in [0.29, 0.717) is 17.3 Å². The number of rotatable bonds is 4. The van der Waals surface area contributed by atoms with Crippen LogP contribution in [-0.2, 0) is 4.79 Å². The maximum atomic E-state index is 12.7. The molecule has 0 atom stereocenters. The number of anilines is 1. The standard InChI is InChI=1S/C21H24Cl2N4O2S/c22-17-10-15(11-18(23)26-17)24-19(28)16-12-30-20(25-16)13-6-8-27(9-7-13)21(29)14-4-2-1-3-5-14/h10-14H,1-9H2,(H,24,26,28). The van der Waals surface area contributed by atoms with Crippen LogP contribution in [-0.4, -0.2) is 39.8 Å². The molecule has 0 radical (unpaired) electrons. The Hall–Kier alpha value is -1.70. The summed E-state index contributed by atoms with van der Waals surface area (Å²) in [5, 5.41) is 5.91. The molecule has 0 bridgehead atoms. The lowest BCUT2D eigenvalue weighted by molar-refractivity contribution is -0.137. The summed E-state index contributed by atoms with van der Waals surface area (Å²) in [6.45, 7) is 1.55. The molecular weight excluding hydrogens is 443 g/mol. The van der Waals surface area contributed by atoms with Gasteiger partial charge in [0.1, 0.15) is 16.0 Å². The normalized spacial score (nSPS) is 18.4. The van der Waals surface area contributed by atoms with Crippen molar-refractivity contribution < 1.29 is 9.59 Å². The highest BCUT2D eigenvalue weighted by atomic mass is 35.5. The summed E-state index contributed by atoms with van der Waals surface area (Å²) < 4.78 is 0. The van der Waals surface area contributed by atoms with Crippen LogP contribution in [0.25, 0.3) is 0 Å². The average Bonchev–Trinajstić information content (AvgIpc) is 3.24. The van der Waals surface area contributed by atoms with E-state index in [1.54, 1.807) is 5.38 Å². The third-order valence-electron chi connectivity index (χ3n) is 5.89. The monoisotopic (exact) mass is 466 g/mol. The van der Waals surface area contributed by atoms with E-state index in [1.807, 2.05) is 4.90 Å². The number of piperidine rings is 1. The second kappa shape index (κ2) is 9.62. The number of carbonyl (C=O) groups is 2. The molecule has 2 fully saturated rings. The van der Waals surface area contributed by atoms with Gasteiger partial charge in [-0.05, 0) is 37.8 Å². The minimum absolute atomic E-state index is 0.214. The number of hydrogen-bond donors (Lipinski definition) is 1. The maximum Gasteiger partial charge on any atom is 0.275 e. The molecule has 160 valence electrons. The fraction of sp³-hybridized carbons (Fsp3) is 0.524. The van der Waals surface area contributed by atoms with Gasteiger partial charge in [-0.1, -0.05) is 42.5 Å². The fourth-order valence-corrected chi connectivity index (χ4v) is 5.70. The highest BCUT2D eigenvalue weighted by Gasteiger charge is 2.30. The minimum atomic E-state index is -0.305. The molecule has 2 aliphatic rings. The van der Waals surface area contributed by atoms with E-state index in [2.05, 4.69) is 15.3 Å². The Balaban J connectivity index is 1.33. The zero-order chi connectivity index (χ0) is 21.1. The maximum absolute atomic E-state index is 12.7. The van der Waals surface area contributed by atoms with Gasteiger partial charge in [-0.15, -0.1) is 11.3 Å². The largest absolute Gasteiger partial charge is 0.342 e. The van der Waals surface area contributed by atoms with Gasteiger partial charge < -0.3 is 10.2 Å². The molecule has 0 spiro atoms. The van der Waals surface area contributed by atoms with Crippen molar-refractivity contribution in [1.82, 2.24) is 14.9 Å². The molecular formula is C21H24Cl2N4O2S. The summed E-state index contributed by atoms with van der Waals surface area (Å²) in [7, 11) is 0. The summed E-state index contributed by atoms with van der Waals surface area (Å²) in [6, 6.07) is 3.08. The van der Waals surface area contributed by atoms with Crippen LogP contribution in [0.5, 0.6) is 0 Å². The van der Waals surface area contributed by atoms with Crippen molar-refractivity contribution in [2.45, 2.75) is 50.9 Å². The molecule has 1 saturated heterocycles. The van der Waals surface area contributed by atoms with E-state index in [-0.39, 0.29) is 28.0 Å². The smallest absolute Gasteiger partial charge is 0.275 e. The molecule has 30 heavy (non-hydrogen) atoms. The van der Waals surface area contributed by atoms with Gasteiger partial charge in [0, 0.05) is 36.0 Å². The second-order valence-corrected chi connectivity index (χ2v) is 9.63. The first-order chi connectivity index (χ1) is 14.5. The highest BCUT2D eigenvalue weighted by molar-refractivity contribution is 7.10. The minimum Gasteiger partial charge on any atom is -0.342 e. The third kappa shape index (κ3) is 5.13. The van der Waals surface area contributed by atoms with Crippen LogP contribution in [0.4, 0.5) is 5.69 Å². The lowest BCUT2D eigenvalue weighted by Gasteiger charge is -2.34. The van der Waals surface area contributed by atoms with Crippen LogP contribution in [0.3, 0.4) is 0 Å². The van der Waals surface area contributed by atoms with Crippen LogP contribution in [0.15, 0.2) is 17.5 Å². The van der Waals surface area contributed by atoms with Crippen molar-refractivity contribution in [2.24, 2.45) is 5.92 Å². The number of thiazole rings is 1. The number of aromatic nitrogens is 2. The molecule has 2 aromatic heterocycles. The van der Waals surface area contributed by atoms with Gasteiger partial charge in [-0.2, -0.15) is 0 Å². The number of likely N-dealkylation sites (tertiary alicyclic amines) is 1. The Morgan fingerprint density at radius 2 is 1.67 bits per heavy atom. The zero-order valence-electron chi connectivity index (χ0n) is 16.6. The molecule has 3 heterocycles. The number of amides is 2. The van der Waals surface area contributed by atoms with E-state index in [9.17, 15) is 9.59 Å². The Morgan fingerprint density at radius 1 is 1.00 bits per heavy atom. The number of carbonyl (C=O) groups excluding carboxylic acids is 2. The number of halogens is 2. The Morgan fingerprint density at radius 3 is 2.33 bits per heavy atom. The number of nitrogens with zero attached hydrogens (tertiary/aromatic N) is 3. The Labute approximate surface area is 190 Å².